The Balaban J connectivity index is 1.69. The van der Waals surface area contributed by atoms with Gasteiger partial charge in [0, 0.05) is 12.8 Å². The van der Waals surface area contributed by atoms with E-state index in [0.717, 1.165) is 37.0 Å². The van der Waals surface area contributed by atoms with Gasteiger partial charge in [0.1, 0.15) is 0 Å². The summed E-state index contributed by atoms with van der Waals surface area (Å²) in [6.07, 6.45) is 4.05. The highest BCUT2D eigenvalue weighted by Crippen LogP contribution is 2.28. The van der Waals surface area contributed by atoms with Gasteiger partial charge >= 0.3 is 5.97 Å². The van der Waals surface area contributed by atoms with Crippen molar-refractivity contribution in [2.24, 2.45) is 5.16 Å². The SMILES string of the molecule is COC(=O)CCCCC1=NOC(c2ccccc2)C1. The summed E-state index contributed by atoms with van der Waals surface area (Å²) in [6.45, 7) is 0. The minimum absolute atomic E-state index is 0.0526. The monoisotopic (exact) mass is 261 g/mol. The standard InChI is InChI=1S/C15H19NO3/c1-18-15(17)10-6-5-9-13-11-14(19-16-13)12-7-3-2-4-8-12/h2-4,7-8,14H,5-6,9-11H2,1H3. The second-order valence-electron chi connectivity index (χ2n) is 4.65. The first kappa shape index (κ1) is 13.6. The van der Waals surface area contributed by atoms with Crippen LogP contribution < -0.4 is 0 Å². The van der Waals surface area contributed by atoms with E-state index in [0.29, 0.717) is 6.42 Å². The van der Waals surface area contributed by atoms with Crippen molar-refractivity contribution in [2.45, 2.75) is 38.2 Å². The Kier molecular flexibility index (Phi) is 4.95. The minimum atomic E-state index is -0.147. The number of hydrogen-bond acceptors (Lipinski definition) is 4. The van der Waals surface area contributed by atoms with Crippen LogP contribution in [0.15, 0.2) is 35.5 Å². The lowest BCUT2D eigenvalue weighted by Crippen LogP contribution is -2.02. The van der Waals surface area contributed by atoms with Crippen LogP contribution in [0.5, 0.6) is 0 Å². The number of carbonyl (C=O) groups excluding carboxylic acids is 1. The summed E-state index contributed by atoms with van der Waals surface area (Å²) in [7, 11) is 1.42. The third-order valence-corrected chi connectivity index (χ3v) is 3.23. The molecule has 0 fully saturated rings. The molecule has 4 heteroatoms. The lowest BCUT2D eigenvalue weighted by atomic mass is 10.0. The molecule has 0 spiro atoms. The summed E-state index contributed by atoms with van der Waals surface area (Å²) in [4.78, 5) is 16.4. The van der Waals surface area contributed by atoms with Crippen molar-refractivity contribution in [3.8, 4) is 0 Å². The molecule has 1 heterocycles. The molecular weight excluding hydrogens is 242 g/mol. The zero-order chi connectivity index (χ0) is 13.5. The van der Waals surface area contributed by atoms with Crippen LogP contribution in [-0.2, 0) is 14.4 Å². The number of unbranched alkanes of at least 4 members (excludes halogenated alkanes) is 1. The van der Waals surface area contributed by atoms with Crippen molar-refractivity contribution in [2.75, 3.05) is 7.11 Å². The number of esters is 1. The number of oxime groups is 1. The van der Waals surface area contributed by atoms with Crippen molar-refractivity contribution in [1.82, 2.24) is 0 Å². The summed E-state index contributed by atoms with van der Waals surface area (Å²) in [5, 5.41) is 4.13. The van der Waals surface area contributed by atoms with Crippen LogP contribution in [0.3, 0.4) is 0 Å². The number of benzene rings is 1. The molecule has 0 amide bonds. The van der Waals surface area contributed by atoms with E-state index in [1.54, 1.807) is 0 Å². The number of ether oxygens (including phenoxy) is 1. The average molecular weight is 261 g/mol. The lowest BCUT2D eigenvalue weighted by Gasteiger charge is -2.07. The van der Waals surface area contributed by atoms with Crippen LogP contribution in [0.1, 0.15) is 43.8 Å². The smallest absolute Gasteiger partial charge is 0.305 e. The molecule has 1 aromatic rings. The second kappa shape index (κ2) is 6.92. The van der Waals surface area contributed by atoms with Gasteiger partial charge in [0.15, 0.2) is 6.10 Å². The van der Waals surface area contributed by atoms with Gasteiger partial charge in [-0.1, -0.05) is 35.5 Å². The largest absolute Gasteiger partial charge is 0.469 e. The van der Waals surface area contributed by atoms with Gasteiger partial charge < -0.3 is 9.57 Å². The highest BCUT2D eigenvalue weighted by Gasteiger charge is 2.21. The molecule has 0 saturated carbocycles. The number of carbonyl (C=O) groups is 1. The van der Waals surface area contributed by atoms with Crippen LogP contribution >= 0.6 is 0 Å². The van der Waals surface area contributed by atoms with E-state index in [1.165, 1.54) is 7.11 Å². The summed E-state index contributed by atoms with van der Waals surface area (Å²) < 4.78 is 4.60. The van der Waals surface area contributed by atoms with Crippen LogP contribution in [-0.4, -0.2) is 18.8 Å². The maximum atomic E-state index is 11.0. The van der Waals surface area contributed by atoms with Gasteiger partial charge in [-0.3, -0.25) is 4.79 Å². The van der Waals surface area contributed by atoms with Crippen molar-refractivity contribution in [3.05, 3.63) is 35.9 Å². The Morgan fingerprint density at radius 3 is 2.89 bits per heavy atom. The molecule has 0 N–H and O–H groups in total. The van der Waals surface area contributed by atoms with Crippen LogP contribution in [0.2, 0.25) is 0 Å². The maximum Gasteiger partial charge on any atom is 0.305 e. The first-order valence-electron chi connectivity index (χ1n) is 6.63. The van der Waals surface area contributed by atoms with E-state index >= 15 is 0 Å². The van der Waals surface area contributed by atoms with E-state index in [1.807, 2.05) is 18.2 Å². The Hall–Kier alpha value is -1.84. The summed E-state index contributed by atoms with van der Waals surface area (Å²) in [5.74, 6) is -0.147. The van der Waals surface area contributed by atoms with Crippen molar-refractivity contribution in [3.63, 3.8) is 0 Å². The topological polar surface area (TPSA) is 47.9 Å². The number of nitrogens with zero attached hydrogens (tertiary/aromatic N) is 1. The normalized spacial score (nSPS) is 17.7. The predicted octanol–water partition coefficient (Wildman–Crippen LogP) is 3.24. The molecule has 2 rings (SSSR count). The molecule has 1 atom stereocenters. The first-order valence-corrected chi connectivity index (χ1v) is 6.63. The fourth-order valence-corrected chi connectivity index (χ4v) is 2.12. The minimum Gasteiger partial charge on any atom is -0.469 e. The predicted molar refractivity (Wildman–Crippen MR) is 72.8 cm³/mol. The Labute approximate surface area is 113 Å². The van der Waals surface area contributed by atoms with E-state index in [4.69, 9.17) is 4.84 Å². The molecule has 0 aromatic heterocycles. The number of rotatable bonds is 6. The van der Waals surface area contributed by atoms with Gasteiger partial charge in [-0.15, -0.1) is 0 Å². The van der Waals surface area contributed by atoms with Gasteiger partial charge in [-0.05, 0) is 24.8 Å². The molecule has 0 saturated heterocycles. The van der Waals surface area contributed by atoms with E-state index < -0.39 is 0 Å². The molecule has 1 aliphatic rings. The van der Waals surface area contributed by atoms with E-state index in [9.17, 15) is 4.79 Å². The average Bonchev–Trinajstić information content (AvgIpc) is 2.93. The summed E-state index contributed by atoms with van der Waals surface area (Å²) in [5.41, 5.74) is 2.24. The third-order valence-electron chi connectivity index (χ3n) is 3.23. The highest BCUT2D eigenvalue weighted by atomic mass is 16.6. The van der Waals surface area contributed by atoms with Gasteiger partial charge in [0.2, 0.25) is 0 Å². The van der Waals surface area contributed by atoms with Gasteiger partial charge in [0.25, 0.3) is 0 Å². The molecule has 4 nitrogen and oxygen atoms in total. The lowest BCUT2D eigenvalue weighted by molar-refractivity contribution is -0.140. The highest BCUT2D eigenvalue weighted by molar-refractivity contribution is 5.85. The summed E-state index contributed by atoms with van der Waals surface area (Å²) >= 11 is 0. The molecule has 19 heavy (non-hydrogen) atoms. The van der Waals surface area contributed by atoms with Gasteiger partial charge in [-0.25, -0.2) is 0 Å². The Bertz CT molecular complexity index is 442. The molecular formula is C15H19NO3. The van der Waals surface area contributed by atoms with Crippen molar-refractivity contribution in [1.29, 1.82) is 0 Å². The third kappa shape index (κ3) is 4.09. The zero-order valence-electron chi connectivity index (χ0n) is 11.2. The molecule has 0 radical (unpaired) electrons. The number of hydrogen-bond donors (Lipinski definition) is 0. The molecule has 1 aromatic carbocycles. The van der Waals surface area contributed by atoms with E-state index in [-0.39, 0.29) is 12.1 Å². The molecule has 1 aliphatic heterocycles. The van der Waals surface area contributed by atoms with Crippen LogP contribution in [0.4, 0.5) is 0 Å². The van der Waals surface area contributed by atoms with Crippen molar-refractivity contribution >= 4 is 11.7 Å². The Morgan fingerprint density at radius 1 is 1.37 bits per heavy atom. The zero-order valence-corrected chi connectivity index (χ0v) is 11.2. The van der Waals surface area contributed by atoms with Gasteiger partial charge in [0.05, 0.1) is 12.8 Å². The summed E-state index contributed by atoms with van der Waals surface area (Å²) in [6, 6.07) is 10.1. The fraction of sp³-hybridized carbons (Fsp3) is 0.467. The maximum absolute atomic E-state index is 11.0. The molecule has 0 aliphatic carbocycles. The van der Waals surface area contributed by atoms with Crippen LogP contribution in [0, 0.1) is 0 Å². The quantitative estimate of drug-likeness (QED) is 0.583. The molecule has 0 bridgehead atoms. The van der Waals surface area contributed by atoms with Gasteiger partial charge in [-0.2, -0.15) is 0 Å². The Morgan fingerprint density at radius 2 is 2.16 bits per heavy atom. The van der Waals surface area contributed by atoms with E-state index in [2.05, 4.69) is 22.0 Å². The molecule has 1 unspecified atom stereocenters. The second-order valence-corrected chi connectivity index (χ2v) is 4.65. The first-order chi connectivity index (χ1) is 9.29. The molecule has 102 valence electrons. The number of methoxy groups -OCH3 is 1. The fourth-order valence-electron chi connectivity index (χ4n) is 2.12. The van der Waals surface area contributed by atoms with Crippen LogP contribution in [0.25, 0.3) is 0 Å². The van der Waals surface area contributed by atoms with Crippen molar-refractivity contribution < 1.29 is 14.4 Å².